The van der Waals surface area contributed by atoms with Crippen LogP contribution in [0.2, 0.25) is 0 Å². The molecule has 214 valence electrons. The number of halogens is 2. The summed E-state index contributed by atoms with van der Waals surface area (Å²) in [4.78, 5) is 32.4. The van der Waals surface area contributed by atoms with Gasteiger partial charge in [-0.2, -0.15) is 0 Å². The SMILES string of the molecule is CC(C)Cc1nc2c(ccn2Cc2ccc(F)cc2)c(-c2ccc(C(=O)NC3CCc4ccc(F)cc43)s2)c1C(N)=O. The molecule has 6 nitrogen and oxygen atoms in total. The van der Waals surface area contributed by atoms with Gasteiger partial charge in [0.25, 0.3) is 11.8 Å². The number of hydrogen-bond donors (Lipinski definition) is 2. The predicted octanol–water partition coefficient (Wildman–Crippen LogP) is 6.81. The van der Waals surface area contributed by atoms with E-state index in [9.17, 15) is 18.4 Å². The van der Waals surface area contributed by atoms with Crippen LogP contribution in [-0.2, 0) is 19.4 Å². The lowest BCUT2D eigenvalue weighted by molar-refractivity contribution is 0.0939. The molecule has 1 atom stereocenters. The number of nitrogens with zero attached hydrogens (tertiary/aromatic N) is 2. The smallest absolute Gasteiger partial charge is 0.261 e. The number of pyridine rings is 1. The second-order valence-electron chi connectivity index (χ2n) is 11.1. The van der Waals surface area contributed by atoms with E-state index in [1.807, 2.05) is 22.9 Å². The summed E-state index contributed by atoms with van der Waals surface area (Å²) in [7, 11) is 0. The van der Waals surface area contributed by atoms with Crippen LogP contribution in [-0.4, -0.2) is 21.4 Å². The maximum absolute atomic E-state index is 13.9. The molecule has 0 aliphatic heterocycles. The zero-order valence-electron chi connectivity index (χ0n) is 23.3. The fourth-order valence-corrected chi connectivity index (χ4v) is 6.74. The van der Waals surface area contributed by atoms with Gasteiger partial charge in [-0.25, -0.2) is 13.8 Å². The molecule has 5 aromatic rings. The number of thiophene rings is 1. The molecule has 0 saturated heterocycles. The first-order valence-corrected chi connectivity index (χ1v) is 14.7. The van der Waals surface area contributed by atoms with Crippen LogP contribution >= 0.6 is 11.3 Å². The lowest BCUT2D eigenvalue weighted by atomic mass is 9.96. The summed E-state index contributed by atoms with van der Waals surface area (Å²) < 4.78 is 29.4. The third-order valence-electron chi connectivity index (χ3n) is 7.66. The highest BCUT2D eigenvalue weighted by Crippen LogP contribution is 2.39. The Bertz CT molecular complexity index is 1820. The second kappa shape index (κ2) is 11.1. The number of carbonyl (C=O) groups is 2. The molecule has 6 rings (SSSR count). The number of benzene rings is 2. The first kappa shape index (κ1) is 27.8. The van der Waals surface area contributed by atoms with Crippen LogP contribution in [0.5, 0.6) is 0 Å². The van der Waals surface area contributed by atoms with E-state index in [-0.39, 0.29) is 29.5 Å². The van der Waals surface area contributed by atoms with Crippen LogP contribution in [0.3, 0.4) is 0 Å². The number of rotatable bonds is 8. The highest BCUT2D eigenvalue weighted by Gasteiger charge is 2.27. The van der Waals surface area contributed by atoms with Gasteiger partial charge >= 0.3 is 0 Å². The molecule has 42 heavy (non-hydrogen) atoms. The molecule has 2 amide bonds. The molecule has 2 aromatic carbocycles. The Morgan fingerprint density at radius 3 is 2.57 bits per heavy atom. The number of aromatic nitrogens is 2. The van der Waals surface area contributed by atoms with Crippen LogP contribution in [0, 0.1) is 17.6 Å². The van der Waals surface area contributed by atoms with Crippen molar-refractivity contribution in [3.05, 3.63) is 111 Å². The summed E-state index contributed by atoms with van der Waals surface area (Å²) in [5.74, 6) is -1.24. The van der Waals surface area contributed by atoms with E-state index in [2.05, 4.69) is 19.2 Å². The van der Waals surface area contributed by atoms with Gasteiger partial charge in [0.1, 0.15) is 17.3 Å². The highest BCUT2D eigenvalue weighted by molar-refractivity contribution is 7.17. The van der Waals surface area contributed by atoms with E-state index < -0.39 is 5.91 Å². The van der Waals surface area contributed by atoms with Crippen molar-refractivity contribution in [1.29, 1.82) is 0 Å². The second-order valence-corrected chi connectivity index (χ2v) is 12.2. The summed E-state index contributed by atoms with van der Waals surface area (Å²) in [6.45, 7) is 4.57. The molecule has 1 unspecified atom stereocenters. The standard InChI is InChI=1S/C33H30F2N4O2S/c1-18(2)15-26-30(31(36)40)29(23-13-14-39(32(23)37-26)17-19-3-7-21(34)8-4-19)27-11-12-28(42-27)33(41)38-25-10-6-20-5-9-22(35)16-24(20)25/h3-5,7-9,11-14,16,18,25H,6,10,15,17H2,1-2H3,(H2,36,40)(H,38,41). The Balaban J connectivity index is 1.40. The van der Waals surface area contributed by atoms with E-state index >= 15 is 0 Å². The number of nitrogens with one attached hydrogen (secondary N) is 1. The molecule has 3 aromatic heterocycles. The minimum atomic E-state index is -0.578. The first-order valence-electron chi connectivity index (χ1n) is 13.9. The third-order valence-corrected chi connectivity index (χ3v) is 8.77. The average Bonchev–Trinajstić information content (AvgIpc) is 3.68. The minimum absolute atomic E-state index is 0.213. The Morgan fingerprint density at radius 1 is 1.07 bits per heavy atom. The fourth-order valence-electron chi connectivity index (χ4n) is 5.76. The van der Waals surface area contributed by atoms with Gasteiger partial charge in [0.2, 0.25) is 0 Å². The number of hydrogen-bond acceptors (Lipinski definition) is 4. The van der Waals surface area contributed by atoms with Crippen LogP contribution in [0.1, 0.15) is 68.7 Å². The number of nitrogens with two attached hydrogens (primary N) is 1. The molecule has 0 radical (unpaired) electrons. The van der Waals surface area contributed by atoms with Gasteiger partial charge in [0, 0.05) is 28.6 Å². The summed E-state index contributed by atoms with van der Waals surface area (Å²) in [5, 5.41) is 3.80. The lowest BCUT2D eigenvalue weighted by Crippen LogP contribution is -2.26. The zero-order chi connectivity index (χ0) is 29.5. The van der Waals surface area contributed by atoms with Gasteiger partial charge in [0.15, 0.2) is 0 Å². The van der Waals surface area contributed by atoms with Gasteiger partial charge in [-0.1, -0.05) is 32.0 Å². The third kappa shape index (κ3) is 5.32. The molecule has 3 N–H and O–H groups in total. The van der Waals surface area contributed by atoms with Gasteiger partial charge in [-0.15, -0.1) is 11.3 Å². The number of primary amides is 1. The molecule has 0 fully saturated rings. The molecule has 3 heterocycles. The van der Waals surface area contributed by atoms with Crippen molar-refractivity contribution in [3.63, 3.8) is 0 Å². The van der Waals surface area contributed by atoms with Crippen LogP contribution in [0.15, 0.2) is 66.9 Å². The maximum atomic E-state index is 13.9. The van der Waals surface area contributed by atoms with Crippen molar-refractivity contribution in [2.24, 2.45) is 11.7 Å². The normalized spacial score (nSPS) is 14.5. The van der Waals surface area contributed by atoms with E-state index in [0.717, 1.165) is 33.4 Å². The number of fused-ring (bicyclic) bond motifs is 2. The van der Waals surface area contributed by atoms with E-state index in [1.54, 1.807) is 24.3 Å². The highest BCUT2D eigenvalue weighted by atomic mass is 32.1. The molecule has 0 bridgehead atoms. The van der Waals surface area contributed by atoms with Crippen molar-refractivity contribution in [3.8, 4) is 10.4 Å². The Labute approximate surface area is 246 Å². The number of amides is 2. The van der Waals surface area contributed by atoms with E-state index in [0.29, 0.717) is 46.7 Å². The molecular weight excluding hydrogens is 554 g/mol. The Morgan fingerprint density at radius 2 is 1.83 bits per heavy atom. The van der Waals surface area contributed by atoms with Gasteiger partial charge in [-0.05, 0) is 84.3 Å². The Hall–Kier alpha value is -4.37. The molecule has 1 aliphatic rings. The monoisotopic (exact) mass is 584 g/mol. The van der Waals surface area contributed by atoms with Crippen molar-refractivity contribution >= 4 is 34.2 Å². The molecule has 0 spiro atoms. The first-order chi connectivity index (χ1) is 20.2. The van der Waals surface area contributed by atoms with Gasteiger partial charge in [-0.3, -0.25) is 9.59 Å². The zero-order valence-corrected chi connectivity index (χ0v) is 24.1. The lowest BCUT2D eigenvalue weighted by Gasteiger charge is -2.15. The molecule has 1 aliphatic carbocycles. The Kier molecular flexibility index (Phi) is 7.36. The summed E-state index contributed by atoms with van der Waals surface area (Å²) >= 11 is 1.28. The van der Waals surface area contributed by atoms with Gasteiger partial charge in [0.05, 0.1) is 22.2 Å². The summed E-state index contributed by atoms with van der Waals surface area (Å²) in [6, 6.07) is 16.2. The topological polar surface area (TPSA) is 90.0 Å². The predicted molar refractivity (Wildman–Crippen MR) is 161 cm³/mol. The average molecular weight is 585 g/mol. The summed E-state index contributed by atoms with van der Waals surface area (Å²) in [6.07, 6.45) is 3.92. The van der Waals surface area contributed by atoms with Crippen LogP contribution in [0.25, 0.3) is 21.5 Å². The van der Waals surface area contributed by atoms with Crippen molar-refractivity contribution in [2.75, 3.05) is 0 Å². The van der Waals surface area contributed by atoms with Gasteiger partial charge < -0.3 is 15.6 Å². The fraction of sp³-hybridized carbons (Fsp3) is 0.242. The van der Waals surface area contributed by atoms with Crippen molar-refractivity contribution in [1.82, 2.24) is 14.9 Å². The van der Waals surface area contributed by atoms with E-state index in [1.165, 1.54) is 35.6 Å². The van der Waals surface area contributed by atoms with Crippen molar-refractivity contribution < 1.29 is 18.4 Å². The molecule has 9 heteroatoms. The minimum Gasteiger partial charge on any atom is -0.366 e. The molecule has 0 saturated carbocycles. The number of aryl methyl sites for hydroxylation is 1. The quantitative estimate of drug-likeness (QED) is 0.210. The number of carbonyl (C=O) groups excluding carboxylic acids is 2. The van der Waals surface area contributed by atoms with Crippen LogP contribution < -0.4 is 11.1 Å². The largest absolute Gasteiger partial charge is 0.366 e. The van der Waals surface area contributed by atoms with Crippen LogP contribution in [0.4, 0.5) is 8.78 Å². The molecular formula is C33H30F2N4O2S. The maximum Gasteiger partial charge on any atom is 0.261 e. The van der Waals surface area contributed by atoms with Crippen molar-refractivity contribution in [2.45, 2.75) is 45.7 Å². The summed E-state index contributed by atoms with van der Waals surface area (Å²) in [5.41, 5.74) is 11.0. The van der Waals surface area contributed by atoms with E-state index in [4.69, 9.17) is 10.7 Å².